The minimum Gasteiger partial charge on any atom is -0.372 e. The second kappa shape index (κ2) is 8.49. The summed E-state index contributed by atoms with van der Waals surface area (Å²) in [6.45, 7) is 13.3. The Labute approximate surface area is 173 Å². The predicted molar refractivity (Wildman–Crippen MR) is 121 cm³/mol. The number of hydrogen-bond acceptors (Lipinski definition) is 4. The van der Waals surface area contributed by atoms with E-state index >= 15 is 0 Å². The molecule has 0 unspecified atom stereocenters. The van der Waals surface area contributed by atoms with Crippen LogP contribution in [-0.4, -0.2) is 19.3 Å². The highest BCUT2D eigenvalue weighted by atomic mass is 32.1. The maximum atomic E-state index is 9.72. The summed E-state index contributed by atoms with van der Waals surface area (Å²) in [5.41, 5.74) is 4.66. The third kappa shape index (κ3) is 4.31. The molecule has 0 amide bonds. The van der Waals surface area contributed by atoms with E-state index in [2.05, 4.69) is 69.9 Å². The molecular weight excluding hydrogens is 362 g/mol. The molecular formula is C24H31N3S. The zero-order valence-corrected chi connectivity index (χ0v) is 18.6. The lowest BCUT2D eigenvalue weighted by atomic mass is 9.72. The Kier molecular flexibility index (Phi) is 6.25. The molecule has 0 saturated carbocycles. The predicted octanol–water partition coefficient (Wildman–Crippen LogP) is 6.37. The fourth-order valence-corrected chi connectivity index (χ4v) is 5.23. The lowest BCUT2D eigenvalue weighted by Crippen LogP contribution is -2.26. The van der Waals surface area contributed by atoms with E-state index in [1.165, 1.54) is 16.1 Å². The van der Waals surface area contributed by atoms with Gasteiger partial charge in [0.05, 0.1) is 5.56 Å². The molecule has 0 fully saturated rings. The molecule has 1 aromatic carbocycles. The average molecular weight is 394 g/mol. The third-order valence-corrected chi connectivity index (χ3v) is 7.10. The van der Waals surface area contributed by atoms with E-state index in [0.717, 1.165) is 48.5 Å². The van der Waals surface area contributed by atoms with Crippen molar-refractivity contribution in [3.63, 3.8) is 0 Å². The van der Waals surface area contributed by atoms with E-state index in [4.69, 9.17) is 4.99 Å². The molecule has 1 heterocycles. The van der Waals surface area contributed by atoms with E-state index in [-0.39, 0.29) is 0 Å². The lowest BCUT2D eigenvalue weighted by Gasteiger charge is -2.33. The Balaban J connectivity index is 1.82. The van der Waals surface area contributed by atoms with Crippen LogP contribution in [0.5, 0.6) is 0 Å². The van der Waals surface area contributed by atoms with Gasteiger partial charge in [0.25, 0.3) is 0 Å². The summed E-state index contributed by atoms with van der Waals surface area (Å²) in [6.07, 6.45) is 5.14. The number of nitrogens with zero attached hydrogens (tertiary/aromatic N) is 3. The van der Waals surface area contributed by atoms with Gasteiger partial charge >= 0.3 is 0 Å². The van der Waals surface area contributed by atoms with Gasteiger partial charge in [0, 0.05) is 29.9 Å². The zero-order valence-electron chi connectivity index (χ0n) is 17.7. The van der Waals surface area contributed by atoms with Crippen molar-refractivity contribution in [3.8, 4) is 6.07 Å². The van der Waals surface area contributed by atoms with Crippen LogP contribution < -0.4 is 4.90 Å². The second-order valence-electron chi connectivity index (χ2n) is 8.62. The van der Waals surface area contributed by atoms with Crippen LogP contribution in [0.3, 0.4) is 0 Å². The number of anilines is 1. The van der Waals surface area contributed by atoms with Crippen molar-refractivity contribution in [1.82, 2.24) is 0 Å². The summed E-state index contributed by atoms with van der Waals surface area (Å²) < 4.78 is 0. The first kappa shape index (κ1) is 20.6. The summed E-state index contributed by atoms with van der Waals surface area (Å²) in [6, 6.07) is 10.9. The van der Waals surface area contributed by atoms with Crippen molar-refractivity contribution in [1.29, 1.82) is 5.26 Å². The number of rotatable bonds is 5. The third-order valence-electron chi connectivity index (χ3n) is 5.94. The van der Waals surface area contributed by atoms with Crippen LogP contribution in [0.25, 0.3) is 0 Å². The SMILES string of the molecule is CCN(CC)c1ccc(C=Nc2sc3c(c2C#N)CC[C@H](C(C)(C)C)C3)cc1. The van der Waals surface area contributed by atoms with Gasteiger partial charge in [0.1, 0.15) is 11.1 Å². The molecule has 1 aromatic heterocycles. The fourth-order valence-electron chi connectivity index (χ4n) is 4.01. The maximum Gasteiger partial charge on any atom is 0.134 e. The molecule has 2 aromatic rings. The summed E-state index contributed by atoms with van der Waals surface area (Å²) in [5.74, 6) is 0.676. The number of hydrogen-bond donors (Lipinski definition) is 0. The number of benzene rings is 1. The first-order valence-corrected chi connectivity index (χ1v) is 11.1. The van der Waals surface area contributed by atoms with Crippen LogP contribution in [0.4, 0.5) is 10.7 Å². The smallest absolute Gasteiger partial charge is 0.134 e. The van der Waals surface area contributed by atoms with Crippen LogP contribution in [0.15, 0.2) is 29.3 Å². The van der Waals surface area contributed by atoms with E-state index < -0.39 is 0 Å². The molecule has 3 rings (SSSR count). The van der Waals surface area contributed by atoms with Gasteiger partial charge in [-0.25, -0.2) is 4.99 Å². The highest BCUT2D eigenvalue weighted by Gasteiger charge is 2.32. The maximum absolute atomic E-state index is 9.72. The zero-order chi connectivity index (χ0) is 20.3. The Morgan fingerprint density at radius 1 is 1.21 bits per heavy atom. The Morgan fingerprint density at radius 3 is 2.46 bits per heavy atom. The van der Waals surface area contributed by atoms with Crippen LogP contribution in [-0.2, 0) is 12.8 Å². The van der Waals surface area contributed by atoms with Crippen LogP contribution in [0.1, 0.15) is 62.6 Å². The Bertz CT molecular complexity index is 874. The van der Waals surface area contributed by atoms with Gasteiger partial charge in [-0.2, -0.15) is 5.26 Å². The molecule has 3 nitrogen and oxygen atoms in total. The number of aliphatic imine (C=N–C) groups is 1. The van der Waals surface area contributed by atoms with Gasteiger partial charge in [-0.05, 0) is 67.7 Å². The molecule has 148 valence electrons. The number of nitriles is 1. The first-order chi connectivity index (χ1) is 13.4. The van der Waals surface area contributed by atoms with Crippen molar-refractivity contribution >= 4 is 28.2 Å². The molecule has 4 heteroatoms. The van der Waals surface area contributed by atoms with Gasteiger partial charge in [-0.15, -0.1) is 11.3 Å². The fraction of sp³-hybridized carbons (Fsp3) is 0.500. The van der Waals surface area contributed by atoms with Crippen molar-refractivity contribution in [2.45, 2.75) is 53.9 Å². The first-order valence-electron chi connectivity index (χ1n) is 10.3. The number of fused-ring (bicyclic) bond motifs is 1. The lowest BCUT2D eigenvalue weighted by molar-refractivity contribution is 0.218. The van der Waals surface area contributed by atoms with E-state index in [1.807, 2.05) is 6.21 Å². The molecule has 0 spiro atoms. The molecule has 0 radical (unpaired) electrons. The van der Waals surface area contributed by atoms with Crippen molar-refractivity contribution in [3.05, 3.63) is 45.8 Å². The van der Waals surface area contributed by atoms with Gasteiger partial charge in [-0.3, -0.25) is 0 Å². The summed E-state index contributed by atoms with van der Waals surface area (Å²) >= 11 is 1.71. The van der Waals surface area contributed by atoms with Crippen LogP contribution in [0.2, 0.25) is 0 Å². The second-order valence-corrected chi connectivity index (χ2v) is 9.71. The minimum atomic E-state index is 0.310. The molecule has 28 heavy (non-hydrogen) atoms. The molecule has 1 aliphatic rings. The van der Waals surface area contributed by atoms with E-state index in [1.54, 1.807) is 11.3 Å². The molecule has 1 atom stereocenters. The highest BCUT2D eigenvalue weighted by Crippen LogP contribution is 2.44. The van der Waals surface area contributed by atoms with E-state index in [0.29, 0.717) is 11.3 Å². The Hall–Kier alpha value is -2.12. The highest BCUT2D eigenvalue weighted by molar-refractivity contribution is 7.16. The van der Waals surface area contributed by atoms with Gasteiger partial charge < -0.3 is 4.90 Å². The number of thiophene rings is 1. The van der Waals surface area contributed by atoms with Crippen molar-refractivity contribution in [2.75, 3.05) is 18.0 Å². The topological polar surface area (TPSA) is 39.4 Å². The van der Waals surface area contributed by atoms with Gasteiger partial charge in [0.15, 0.2) is 0 Å². The Morgan fingerprint density at radius 2 is 1.89 bits per heavy atom. The van der Waals surface area contributed by atoms with Crippen molar-refractivity contribution < 1.29 is 0 Å². The normalized spacial score (nSPS) is 16.8. The molecule has 0 aliphatic heterocycles. The van der Waals surface area contributed by atoms with Crippen LogP contribution >= 0.6 is 11.3 Å². The van der Waals surface area contributed by atoms with Crippen molar-refractivity contribution in [2.24, 2.45) is 16.3 Å². The summed E-state index contributed by atoms with van der Waals surface area (Å²) in [7, 11) is 0. The molecule has 1 aliphatic carbocycles. The van der Waals surface area contributed by atoms with E-state index in [9.17, 15) is 5.26 Å². The van der Waals surface area contributed by atoms with Crippen LogP contribution in [0, 0.1) is 22.7 Å². The largest absolute Gasteiger partial charge is 0.372 e. The quantitative estimate of drug-likeness (QED) is 0.554. The molecule has 0 bridgehead atoms. The molecule has 0 N–H and O–H groups in total. The monoisotopic (exact) mass is 393 g/mol. The summed E-state index contributed by atoms with van der Waals surface area (Å²) in [5, 5.41) is 10.6. The summed E-state index contributed by atoms with van der Waals surface area (Å²) in [4.78, 5) is 8.41. The van der Waals surface area contributed by atoms with Gasteiger partial charge in [-0.1, -0.05) is 32.9 Å². The average Bonchev–Trinajstić information content (AvgIpc) is 3.04. The van der Waals surface area contributed by atoms with Gasteiger partial charge in [0.2, 0.25) is 0 Å². The minimum absolute atomic E-state index is 0.310. The standard InChI is InChI=1S/C24H31N3S/c1-6-27(7-2)19-11-8-17(9-12-19)16-26-23-21(15-25)20-13-10-18(24(3,4)5)14-22(20)28-23/h8-9,11-12,16,18H,6-7,10,13-14H2,1-5H3/t18-/m0/s1. The molecule has 0 saturated heterocycles.